The molecule has 1 amide bonds. The highest BCUT2D eigenvalue weighted by Crippen LogP contribution is 2.26. The monoisotopic (exact) mass is 492 g/mol. The van der Waals surface area contributed by atoms with Gasteiger partial charge in [0.2, 0.25) is 0 Å². The number of nitro benzene ring substituents is 1. The molecule has 0 aliphatic heterocycles. The van der Waals surface area contributed by atoms with Crippen LogP contribution in [0.5, 0.6) is 5.75 Å². The van der Waals surface area contributed by atoms with Crippen molar-refractivity contribution >= 4 is 40.1 Å². The summed E-state index contributed by atoms with van der Waals surface area (Å²) in [6.45, 7) is 1.80. The van der Waals surface area contributed by atoms with E-state index in [1.54, 1.807) is 6.92 Å². The standard InChI is InChI=1S/C25H17ClN2O7/c1-14(15-5-3-2-4-6-15)27-23(29)20-11-16-7-9-18(13-22(16)35-25(20)31)34-24(30)19-10-8-17(28(32)33)12-21(19)26/h2-14H,1H3,(H,27,29). The van der Waals surface area contributed by atoms with Crippen molar-refractivity contribution in [3.8, 4) is 5.75 Å². The zero-order valence-electron chi connectivity index (χ0n) is 18.2. The first-order valence-electron chi connectivity index (χ1n) is 10.3. The summed E-state index contributed by atoms with van der Waals surface area (Å²) in [7, 11) is 0. The Morgan fingerprint density at radius 3 is 2.46 bits per heavy atom. The second-order valence-electron chi connectivity index (χ2n) is 7.56. The Balaban J connectivity index is 1.54. The third kappa shape index (κ3) is 5.20. The molecule has 0 saturated heterocycles. The molecule has 1 N–H and O–H groups in total. The number of carbonyl (C=O) groups is 2. The van der Waals surface area contributed by atoms with Crippen LogP contribution in [0.15, 0.2) is 82.0 Å². The molecule has 3 aromatic carbocycles. The number of ether oxygens (including phenoxy) is 1. The summed E-state index contributed by atoms with van der Waals surface area (Å²) in [5, 5.41) is 13.9. The van der Waals surface area contributed by atoms with Crippen molar-refractivity contribution in [3.63, 3.8) is 0 Å². The molecule has 35 heavy (non-hydrogen) atoms. The largest absolute Gasteiger partial charge is 0.423 e. The van der Waals surface area contributed by atoms with Gasteiger partial charge >= 0.3 is 11.6 Å². The molecule has 4 aromatic rings. The number of nitrogens with zero attached hydrogens (tertiary/aromatic N) is 1. The number of hydrogen-bond acceptors (Lipinski definition) is 7. The van der Waals surface area contributed by atoms with Crippen LogP contribution >= 0.6 is 11.6 Å². The van der Waals surface area contributed by atoms with Crippen molar-refractivity contribution in [2.45, 2.75) is 13.0 Å². The smallest absolute Gasteiger partial charge is 0.349 e. The fourth-order valence-electron chi connectivity index (χ4n) is 3.36. The van der Waals surface area contributed by atoms with Crippen molar-refractivity contribution in [1.82, 2.24) is 5.32 Å². The first-order valence-corrected chi connectivity index (χ1v) is 10.7. The zero-order valence-corrected chi connectivity index (χ0v) is 18.9. The fraction of sp³-hybridized carbons (Fsp3) is 0.0800. The maximum atomic E-state index is 12.7. The van der Waals surface area contributed by atoms with Crippen LogP contribution in [-0.4, -0.2) is 16.8 Å². The number of nitrogens with one attached hydrogen (secondary N) is 1. The third-order valence-electron chi connectivity index (χ3n) is 5.19. The van der Waals surface area contributed by atoms with Crippen LogP contribution in [0.1, 0.15) is 39.2 Å². The quantitative estimate of drug-likeness (QED) is 0.131. The van der Waals surface area contributed by atoms with E-state index in [4.69, 9.17) is 20.8 Å². The van der Waals surface area contributed by atoms with Gasteiger partial charge < -0.3 is 14.5 Å². The first kappa shape index (κ1) is 23.7. The van der Waals surface area contributed by atoms with E-state index in [9.17, 15) is 24.5 Å². The van der Waals surface area contributed by atoms with E-state index < -0.39 is 22.4 Å². The first-order chi connectivity index (χ1) is 16.7. The van der Waals surface area contributed by atoms with Gasteiger partial charge in [-0.3, -0.25) is 14.9 Å². The number of hydrogen-bond donors (Lipinski definition) is 1. The van der Waals surface area contributed by atoms with Gasteiger partial charge in [-0.2, -0.15) is 0 Å². The Hall–Kier alpha value is -4.50. The van der Waals surface area contributed by atoms with Crippen molar-refractivity contribution in [3.05, 3.63) is 115 Å². The summed E-state index contributed by atoms with van der Waals surface area (Å²) >= 11 is 5.97. The highest BCUT2D eigenvalue weighted by molar-refractivity contribution is 6.33. The number of non-ortho nitro benzene ring substituents is 1. The van der Waals surface area contributed by atoms with Crippen LogP contribution < -0.4 is 15.7 Å². The number of carbonyl (C=O) groups excluding carboxylic acids is 2. The molecule has 1 heterocycles. The molecule has 0 fully saturated rings. The molecule has 9 nitrogen and oxygen atoms in total. The number of esters is 1. The highest BCUT2D eigenvalue weighted by atomic mass is 35.5. The van der Waals surface area contributed by atoms with Crippen molar-refractivity contribution < 1.29 is 23.7 Å². The second kappa shape index (κ2) is 9.78. The van der Waals surface area contributed by atoms with E-state index in [0.29, 0.717) is 5.39 Å². The van der Waals surface area contributed by atoms with Crippen LogP contribution in [-0.2, 0) is 0 Å². The summed E-state index contributed by atoms with van der Waals surface area (Å²) in [6, 6.07) is 18.0. The Bertz CT molecular complexity index is 1520. The lowest BCUT2D eigenvalue weighted by molar-refractivity contribution is -0.384. The molecule has 0 radical (unpaired) electrons. The predicted molar refractivity (Wildman–Crippen MR) is 128 cm³/mol. The second-order valence-corrected chi connectivity index (χ2v) is 7.97. The van der Waals surface area contributed by atoms with Crippen LogP contribution in [0.3, 0.4) is 0 Å². The molecule has 0 aliphatic carbocycles. The van der Waals surface area contributed by atoms with Gasteiger partial charge in [-0.1, -0.05) is 41.9 Å². The van der Waals surface area contributed by atoms with E-state index in [1.165, 1.54) is 30.3 Å². The molecule has 1 aromatic heterocycles. The predicted octanol–water partition coefficient (Wildman–Crippen LogP) is 5.06. The Kier molecular flexibility index (Phi) is 6.61. The van der Waals surface area contributed by atoms with E-state index in [1.807, 2.05) is 30.3 Å². The van der Waals surface area contributed by atoms with E-state index in [-0.39, 0.29) is 39.2 Å². The normalized spacial score (nSPS) is 11.6. The Labute approximate surface area is 203 Å². The van der Waals surface area contributed by atoms with Gasteiger partial charge in [0.1, 0.15) is 16.9 Å². The molecule has 1 unspecified atom stereocenters. The van der Waals surface area contributed by atoms with E-state index >= 15 is 0 Å². The maximum absolute atomic E-state index is 12.7. The van der Waals surface area contributed by atoms with E-state index in [2.05, 4.69) is 5.32 Å². The minimum Gasteiger partial charge on any atom is -0.423 e. The van der Waals surface area contributed by atoms with Gasteiger partial charge in [0.25, 0.3) is 11.6 Å². The average molecular weight is 493 g/mol. The SMILES string of the molecule is CC(NC(=O)c1cc2ccc(OC(=O)c3ccc([N+](=O)[O-])cc3Cl)cc2oc1=O)c1ccccc1. The molecule has 1 atom stereocenters. The van der Waals surface area contributed by atoms with Crippen LogP contribution in [0.25, 0.3) is 11.0 Å². The van der Waals surface area contributed by atoms with Gasteiger partial charge in [0.05, 0.1) is 21.6 Å². The summed E-state index contributed by atoms with van der Waals surface area (Å²) in [5.74, 6) is -1.38. The lowest BCUT2D eigenvalue weighted by atomic mass is 10.1. The van der Waals surface area contributed by atoms with Crippen LogP contribution in [0.4, 0.5) is 5.69 Å². The summed E-state index contributed by atoms with van der Waals surface area (Å²) in [5.41, 5.74) is -0.372. The Morgan fingerprint density at radius 2 is 1.77 bits per heavy atom. The molecular formula is C25H17ClN2O7. The highest BCUT2D eigenvalue weighted by Gasteiger charge is 2.19. The van der Waals surface area contributed by atoms with Crippen molar-refractivity contribution in [2.24, 2.45) is 0 Å². The summed E-state index contributed by atoms with van der Waals surface area (Å²) in [6.07, 6.45) is 0. The average Bonchev–Trinajstić information content (AvgIpc) is 2.83. The zero-order chi connectivity index (χ0) is 25.1. The van der Waals surface area contributed by atoms with Gasteiger partial charge in [0, 0.05) is 23.6 Å². The third-order valence-corrected chi connectivity index (χ3v) is 5.51. The molecule has 176 valence electrons. The minimum atomic E-state index is -0.850. The number of rotatable bonds is 6. The lowest BCUT2D eigenvalue weighted by Crippen LogP contribution is -2.30. The number of nitro groups is 1. The minimum absolute atomic E-state index is 0.0509. The van der Waals surface area contributed by atoms with Crippen LogP contribution in [0.2, 0.25) is 5.02 Å². The number of halogens is 1. The van der Waals surface area contributed by atoms with Gasteiger partial charge in [-0.05, 0) is 36.8 Å². The lowest BCUT2D eigenvalue weighted by Gasteiger charge is -2.14. The van der Waals surface area contributed by atoms with Crippen molar-refractivity contribution in [1.29, 1.82) is 0 Å². The Morgan fingerprint density at radius 1 is 1.03 bits per heavy atom. The van der Waals surface area contributed by atoms with Crippen LogP contribution in [0, 0.1) is 10.1 Å². The van der Waals surface area contributed by atoms with E-state index in [0.717, 1.165) is 17.7 Å². The molecule has 0 saturated carbocycles. The molecule has 0 aliphatic rings. The number of benzene rings is 3. The number of fused-ring (bicyclic) bond motifs is 1. The molecule has 0 bridgehead atoms. The molecule has 0 spiro atoms. The molecular weight excluding hydrogens is 476 g/mol. The van der Waals surface area contributed by atoms with Gasteiger partial charge in [-0.15, -0.1) is 0 Å². The van der Waals surface area contributed by atoms with Crippen molar-refractivity contribution in [2.75, 3.05) is 0 Å². The number of amides is 1. The molecule has 10 heteroatoms. The topological polar surface area (TPSA) is 129 Å². The molecule has 4 rings (SSSR count). The summed E-state index contributed by atoms with van der Waals surface area (Å²) in [4.78, 5) is 47.8. The summed E-state index contributed by atoms with van der Waals surface area (Å²) < 4.78 is 10.6. The van der Waals surface area contributed by atoms with Gasteiger partial charge in [0.15, 0.2) is 0 Å². The van der Waals surface area contributed by atoms with Gasteiger partial charge in [-0.25, -0.2) is 9.59 Å². The fourth-order valence-corrected chi connectivity index (χ4v) is 3.61. The maximum Gasteiger partial charge on any atom is 0.349 e.